The minimum Gasteiger partial charge on any atom is -0.495 e. The number of halogens is 1. The number of para-hydroxylation sites is 1. The number of aryl methyl sites for hydroxylation is 1. The van der Waals surface area contributed by atoms with Crippen LogP contribution in [0.4, 0.5) is 10.1 Å². The normalized spacial score (nSPS) is 11.2. The fourth-order valence-electron chi connectivity index (χ4n) is 1.76. The van der Waals surface area contributed by atoms with E-state index in [1.54, 1.807) is 25.1 Å². The third-order valence-electron chi connectivity index (χ3n) is 2.72. The molecule has 0 aliphatic rings. The predicted molar refractivity (Wildman–Crippen MR) is 74.9 cm³/mol. The van der Waals surface area contributed by atoms with Crippen LogP contribution in [0.2, 0.25) is 0 Å². The molecule has 0 heterocycles. The van der Waals surface area contributed by atoms with E-state index < -0.39 is 15.8 Å². The van der Waals surface area contributed by atoms with Crippen LogP contribution in [-0.4, -0.2) is 15.5 Å². The monoisotopic (exact) mass is 295 g/mol. The van der Waals surface area contributed by atoms with Crippen LogP contribution in [0.3, 0.4) is 0 Å². The highest BCUT2D eigenvalue weighted by Gasteiger charge is 2.20. The Bertz CT molecular complexity index is 729. The summed E-state index contributed by atoms with van der Waals surface area (Å²) in [4.78, 5) is -0.0385. The topological polar surface area (TPSA) is 55.4 Å². The molecule has 0 saturated heterocycles. The zero-order chi connectivity index (χ0) is 14.8. The number of nitrogens with one attached hydrogen (secondary N) is 1. The van der Waals surface area contributed by atoms with E-state index in [1.807, 2.05) is 0 Å². The molecule has 2 aromatic carbocycles. The Morgan fingerprint density at radius 1 is 1.15 bits per heavy atom. The van der Waals surface area contributed by atoms with Crippen LogP contribution in [0.15, 0.2) is 47.4 Å². The summed E-state index contributed by atoms with van der Waals surface area (Å²) in [7, 11) is -2.53. The van der Waals surface area contributed by atoms with Crippen molar-refractivity contribution in [1.82, 2.24) is 0 Å². The average molecular weight is 295 g/mol. The summed E-state index contributed by atoms with van der Waals surface area (Å²) in [6.45, 7) is 1.75. The number of rotatable bonds is 4. The van der Waals surface area contributed by atoms with E-state index in [-0.39, 0.29) is 16.3 Å². The molecule has 0 saturated carbocycles. The van der Waals surface area contributed by atoms with E-state index >= 15 is 0 Å². The number of methoxy groups -OCH3 is 1. The highest BCUT2D eigenvalue weighted by molar-refractivity contribution is 7.92. The Morgan fingerprint density at radius 2 is 1.85 bits per heavy atom. The van der Waals surface area contributed by atoms with Crippen molar-refractivity contribution in [2.75, 3.05) is 11.8 Å². The van der Waals surface area contributed by atoms with Crippen LogP contribution in [0.1, 0.15) is 5.56 Å². The first-order chi connectivity index (χ1) is 9.44. The highest BCUT2D eigenvalue weighted by Crippen LogP contribution is 2.26. The minimum absolute atomic E-state index is 0.0385. The van der Waals surface area contributed by atoms with E-state index in [1.165, 1.54) is 31.4 Å². The van der Waals surface area contributed by atoms with E-state index in [2.05, 4.69) is 4.72 Å². The molecule has 0 fully saturated rings. The van der Waals surface area contributed by atoms with Crippen molar-refractivity contribution in [2.45, 2.75) is 11.8 Å². The summed E-state index contributed by atoms with van der Waals surface area (Å²) < 4.78 is 45.5. The van der Waals surface area contributed by atoms with Gasteiger partial charge in [0.15, 0.2) is 0 Å². The van der Waals surface area contributed by atoms with Crippen molar-refractivity contribution in [3.63, 3.8) is 0 Å². The third kappa shape index (κ3) is 2.91. The standard InChI is InChI=1S/C14H14FNO3S/c1-10-7-8-11(15)12(9-10)16-20(17,18)14-6-4-3-5-13(14)19-2/h3-9,16H,1-2H3. The van der Waals surface area contributed by atoms with Crippen LogP contribution in [0.25, 0.3) is 0 Å². The van der Waals surface area contributed by atoms with Crippen molar-refractivity contribution < 1.29 is 17.5 Å². The second-order valence-corrected chi connectivity index (χ2v) is 5.89. The van der Waals surface area contributed by atoms with Gasteiger partial charge in [-0.05, 0) is 36.8 Å². The van der Waals surface area contributed by atoms with Gasteiger partial charge in [-0.2, -0.15) is 0 Å². The first kappa shape index (κ1) is 14.3. The van der Waals surface area contributed by atoms with E-state index in [0.29, 0.717) is 0 Å². The Labute approximate surface area is 117 Å². The van der Waals surface area contributed by atoms with Gasteiger partial charge >= 0.3 is 0 Å². The molecule has 0 radical (unpaired) electrons. The molecule has 0 unspecified atom stereocenters. The van der Waals surface area contributed by atoms with Crippen LogP contribution < -0.4 is 9.46 Å². The van der Waals surface area contributed by atoms with Crippen molar-refractivity contribution in [2.24, 2.45) is 0 Å². The summed E-state index contributed by atoms with van der Waals surface area (Å²) in [5, 5.41) is 0. The maximum absolute atomic E-state index is 13.6. The van der Waals surface area contributed by atoms with Crippen molar-refractivity contribution in [3.8, 4) is 5.75 Å². The SMILES string of the molecule is COc1ccccc1S(=O)(=O)Nc1cc(C)ccc1F. The van der Waals surface area contributed by atoms with Crippen LogP contribution in [0, 0.1) is 12.7 Å². The van der Waals surface area contributed by atoms with E-state index in [9.17, 15) is 12.8 Å². The smallest absolute Gasteiger partial charge is 0.265 e. The molecule has 106 valence electrons. The largest absolute Gasteiger partial charge is 0.495 e. The lowest BCUT2D eigenvalue weighted by Crippen LogP contribution is -2.15. The average Bonchev–Trinajstić information content (AvgIpc) is 2.42. The second-order valence-electron chi connectivity index (χ2n) is 4.24. The molecule has 4 nitrogen and oxygen atoms in total. The lowest BCUT2D eigenvalue weighted by atomic mass is 10.2. The molecule has 0 bridgehead atoms. The van der Waals surface area contributed by atoms with Gasteiger partial charge in [0.25, 0.3) is 10.0 Å². The van der Waals surface area contributed by atoms with Gasteiger partial charge < -0.3 is 4.74 Å². The number of sulfonamides is 1. The molecule has 2 aromatic rings. The number of anilines is 1. The molecule has 1 N–H and O–H groups in total. The number of hydrogen-bond acceptors (Lipinski definition) is 3. The van der Waals surface area contributed by atoms with Crippen LogP contribution in [0.5, 0.6) is 5.75 Å². The zero-order valence-electron chi connectivity index (χ0n) is 11.1. The Hall–Kier alpha value is -2.08. The number of hydrogen-bond donors (Lipinski definition) is 1. The Balaban J connectivity index is 2.43. The van der Waals surface area contributed by atoms with Crippen LogP contribution in [-0.2, 0) is 10.0 Å². The molecule has 0 spiro atoms. The van der Waals surface area contributed by atoms with Gasteiger partial charge in [0, 0.05) is 0 Å². The van der Waals surface area contributed by atoms with E-state index in [0.717, 1.165) is 5.56 Å². The van der Waals surface area contributed by atoms with Gasteiger partial charge in [-0.3, -0.25) is 4.72 Å². The molecule has 0 amide bonds. The van der Waals surface area contributed by atoms with Gasteiger partial charge in [0.2, 0.25) is 0 Å². The molecular formula is C14H14FNO3S. The lowest BCUT2D eigenvalue weighted by Gasteiger charge is -2.12. The van der Waals surface area contributed by atoms with Gasteiger partial charge in [-0.25, -0.2) is 12.8 Å². The van der Waals surface area contributed by atoms with Gasteiger partial charge in [0.1, 0.15) is 16.5 Å². The van der Waals surface area contributed by atoms with Crippen molar-refractivity contribution >= 4 is 15.7 Å². The molecule has 2 rings (SSSR count). The third-order valence-corrected chi connectivity index (χ3v) is 4.13. The molecule has 6 heteroatoms. The maximum atomic E-state index is 13.6. The fraction of sp³-hybridized carbons (Fsp3) is 0.143. The van der Waals surface area contributed by atoms with Gasteiger partial charge in [-0.15, -0.1) is 0 Å². The first-order valence-corrected chi connectivity index (χ1v) is 7.34. The Kier molecular flexibility index (Phi) is 3.94. The maximum Gasteiger partial charge on any atom is 0.265 e. The molecule has 0 atom stereocenters. The molecule has 0 aliphatic heterocycles. The summed E-state index contributed by atoms with van der Waals surface area (Å²) in [5.41, 5.74) is 0.667. The Morgan fingerprint density at radius 3 is 2.55 bits per heavy atom. The zero-order valence-corrected chi connectivity index (χ0v) is 11.9. The molecule has 20 heavy (non-hydrogen) atoms. The molecule has 0 aliphatic carbocycles. The number of benzene rings is 2. The minimum atomic E-state index is -3.91. The second kappa shape index (κ2) is 5.50. The summed E-state index contributed by atoms with van der Waals surface area (Å²) >= 11 is 0. The summed E-state index contributed by atoms with van der Waals surface area (Å²) in [6, 6.07) is 10.4. The first-order valence-electron chi connectivity index (χ1n) is 5.86. The van der Waals surface area contributed by atoms with Crippen molar-refractivity contribution in [3.05, 3.63) is 53.8 Å². The quantitative estimate of drug-likeness (QED) is 0.943. The van der Waals surface area contributed by atoms with Crippen LogP contribution >= 0.6 is 0 Å². The van der Waals surface area contributed by atoms with Gasteiger partial charge in [0.05, 0.1) is 12.8 Å². The predicted octanol–water partition coefficient (Wildman–Crippen LogP) is 2.94. The number of ether oxygens (including phenoxy) is 1. The molecular weight excluding hydrogens is 281 g/mol. The molecule has 0 aromatic heterocycles. The summed E-state index contributed by atoms with van der Waals surface area (Å²) in [6.07, 6.45) is 0. The van der Waals surface area contributed by atoms with E-state index in [4.69, 9.17) is 4.74 Å². The van der Waals surface area contributed by atoms with Crippen molar-refractivity contribution in [1.29, 1.82) is 0 Å². The van der Waals surface area contributed by atoms with Gasteiger partial charge in [-0.1, -0.05) is 18.2 Å². The summed E-state index contributed by atoms with van der Waals surface area (Å²) in [5.74, 6) is -0.429. The highest BCUT2D eigenvalue weighted by atomic mass is 32.2. The fourth-order valence-corrected chi connectivity index (χ4v) is 2.99. The lowest BCUT2D eigenvalue weighted by molar-refractivity contribution is 0.403.